The van der Waals surface area contributed by atoms with Crippen LogP contribution in [0.1, 0.15) is 6.92 Å². The highest BCUT2D eigenvalue weighted by Gasteiger charge is 2.41. The van der Waals surface area contributed by atoms with Gasteiger partial charge < -0.3 is 14.6 Å². The van der Waals surface area contributed by atoms with Gasteiger partial charge in [-0.2, -0.15) is 0 Å². The molecule has 1 atom stereocenters. The molecular weight excluding hydrogens is 255 g/mol. The number of carboxylic acid groups (broad SMARTS) is 1. The number of carbonyl (C=O) groups is 1. The highest BCUT2D eigenvalue weighted by atomic mass is 35.5. The van der Waals surface area contributed by atoms with Crippen molar-refractivity contribution in [1.82, 2.24) is 0 Å². The number of fused-ring (bicyclic) bond motifs is 1. The molecule has 1 aliphatic heterocycles. The summed E-state index contributed by atoms with van der Waals surface area (Å²) in [6.07, 6.45) is 0. The molecule has 4 nitrogen and oxygen atoms in total. The van der Waals surface area contributed by atoms with Crippen molar-refractivity contribution < 1.29 is 19.4 Å². The highest BCUT2D eigenvalue weighted by Crippen LogP contribution is 2.40. The molecule has 0 saturated heterocycles. The van der Waals surface area contributed by atoms with Gasteiger partial charge in [0.2, 0.25) is 5.60 Å². The summed E-state index contributed by atoms with van der Waals surface area (Å²) in [5, 5.41) is 9.61. The minimum Gasteiger partial charge on any atom is -0.485 e. The molecule has 1 N–H and O–H groups in total. The Morgan fingerprint density at radius 1 is 1.38 bits per heavy atom. The van der Waals surface area contributed by atoms with Gasteiger partial charge in [-0.3, -0.25) is 0 Å². The van der Waals surface area contributed by atoms with E-state index in [9.17, 15) is 4.79 Å². The van der Waals surface area contributed by atoms with Crippen LogP contribution < -0.4 is 9.47 Å². The van der Waals surface area contributed by atoms with Crippen molar-refractivity contribution in [2.24, 2.45) is 0 Å². The number of rotatable bonds is 1. The van der Waals surface area contributed by atoms with Crippen LogP contribution in [-0.4, -0.2) is 23.3 Å². The Morgan fingerprint density at radius 2 is 1.94 bits per heavy atom. The lowest BCUT2D eigenvalue weighted by molar-refractivity contribution is -0.158. The van der Waals surface area contributed by atoms with E-state index in [-0.39, 0.29) is 12.4 Å². The van der Waals surface area contributed by atoms with Gasteiger partial charge in [0.05, 0.1) is 10.0 Å². The first-order chi connectivity index (χ1) is 7.42. The van der Waals surface area contributed by atoms with Crippen LogP contribution in [0.25, 0.3) is 0 Å². The molecule has 0 spiro atoms. The lowest BCUT2D eigenvalue weighted by Gasteiger charge is -2.32. The summed E-state index contributed by atoms with van der Waals surface area (Å²) in [7, 11) is 0. The second kappa shape index (κ2) is 3.71. The van der Waals surface area contributed by atoms with E-state index in [1.165, 1.54) is 19.1 Å². The van der Waals surface area contributed by atoms with Crippen LogP contribution in [0.5, 0.6) is 11.5 Å². The van der Waals surface area contributed by atoms with E-state index in [1.807, 2.05) is 0 Å². The Morgan fingerprint density at radius 3 is 2.50 bits per heavy atom. The maximum absolute atomic E-state index is 11.0. The molecule has 86 valence electrons. The van der Waals surface area contributed by atoms with Crippen LogP contribution in [0.2, 0.25) is 10.0 Å². The fourth-order valence-electron chi connectivity index (χ4n) is 1.30. The predicted molar refractivity (Wildman–Crippen MR) is 58.6 cm³/mol. The van der Waals surface area contributed by atoms with Gasteiger partial charge in [-0.25, -0.2) is 4.79 Å². The van der Waals surface area contributed by atoms with Gasteiger partial charge in [-0.15, -0.1) is 0 Å². The van der Waals surface area contributed by atoms with Crippen molar-refractivity contribution in [2.75, 3.05) is 6.61 Å². The zero-order chi connectivity index (χ0) is 11.9. The molecule has 1 heterocycles. The van der Waals surface area contributed by atoms with Crippen LogP contribution >= 0.6 is 23.2 Å². The summed E-state index contributed by atoms with van der Waals surface area (Å²) < 4.78 is 10.6. The van der Waals surface area contributed by atoms with Crippen LogP contribution in [0.15, 0.2) is 12.1 Å². The van der Waals surface area contributed by atoms with Crippen molar-refractivity contribution in [3.8, 4) is 11.5 Å². The van der Waals surface area contributed by atoms with E-state index < -0.39 is 11.6 Å². The molecule has 0 saturated carbocycles. The average molecular weight is 263 g/mol. The fraction of sp³-hybridized carbons (Fsp3) is 0.300. The third-order valence-corrected chi connectivity index (χ3v) is 3.00. The average Bonchev–Trinajstić information content (AvgIpc) is 2.20. The molecule has 0 radical (unpaired) electrons. The van der Waals surface area contributed by atoms with Crippen molar-refractivity contribution >= 4 is 29.2 Å². The van der Waals surface area contributed by atoms with E-state index >= 15 is 0 Å². The van der Waals surface area contributed by atoms with Gasteiger partial charge in [-0.05, 0) is 6.92 Å². The Hall–Kier alpha value is -1.13. The molecule has 6 heteroatoms. The van der Waals surface area contributed by atoms with E-state index in [0.29, 0.717) is 15.8 Å². The summed E-state index contributed by atoms with van der Waals surface area (Å²) in [6.45, 7) is 1.36. The third kappa shape index (κ3) is 1.79. The molecule has 0 aromatic heterocycles. The van der Waals surface area contributed by atoms with Gasteiger partial charge in [0.1, 0.15) is 6.61 Å². The maximum atomic E-state index is 11.0. The van der Waals surface area contributed by atoms with Gasteiger partial charge >= 0.3 is 5.97 Å². The molecular formula is C10H8Cl2O4. The molecule has 1 aliphatic rings. The normalized spacial score (nSPS) is 22.9. The topological polar surface area (TPSA) is 55.8 Å². The molecule has 1 unspecified atom stereocenters. The first-order valence-corrected chi connectivity index (χ1v) is 5.22. The number of halogens is 2. The monoisotopic (exact) mass is 262 g/mol. The second-order valence-electron chi connectivity index (χ2n) is 3.64. The Balaban J connectivity index is 2.41. The zero-order valence-electron chi connectivity index (χ0n) is 8.29. The van der Waals surface area contributed by atoms with Crippen LogP contribution in [-0.2, 0) is 4.79 Å². The zero-order valence-corrected chi connectivity index (χ0v) is 9.80. The molecule has 0 aliphatic carbocycles. The van der Waals surface area contributed by atoms with E-state index in [2.05, 4.69) is 0 Å². The number of benzene rings is 1. The number of hydrogen-bond donors (Lipinski definition) is 1. The molecule has 0 fully saturated rings. The van der Waals surface area contributed by atoms with Gasteiger partial charge in [0, 0.05) is 12.1 Å². The Labute approximate surface area is 102 Å². The third-order valence-electron chi connectivity index (χ3n) is 2.28. The molecule has 1 aromatic carbocycles. The molecule has 0 bridgehead atoms. The number of hydrogen-bond acceptors (Lipinski definition) is 3. The Bertz CT molecular complexity index is 460. The first-order valence-electron chi connectivity index (χ1n) is 4.46. The minimum atomic E-state index is -1.40. The molecule has 0 amide bonds. The van der Waals surface area contributed by atoms with Gasteiger partial charge in [-0.1, -0.05) is 23.2 Å². The van der Waals surface area contributed by atoms with Crippen molar-refractivity contribution in [3.63, 3.8) is 0 Å². The van der Waals surface area contributed by atoms with Crippen LogP contribution in [0, 0.1) is 0 Å². The predicted octanol–water partition coefficient (Wildman–Crippen LogP) is 2.61. The smallest absolute Gasteiger partial charge is 0.351 e. The summed E-state index contributed by atoms with van der Waals surface area (Å²) in [6, 6.07) is 2.94. The lowest BCUT2D eigenvalue weighted by Crippen LogP contribution is -2.49. The van der Waals surface area contributed by atoms with Gasteiger partial charge in [0.25, 0.3) is 0 Å². The Kier molecular flexibility index (Phi) is 2.64. The van der Waals surface area contributed by atoms with E-state index in [4.69, 9.17) is 37.8 Å². The summed E-state index contributed by atoms with van der Waals surface area (Å²) in [5.74, 6) is -0.414. The SMILES string of the molecule is CC1(C(=O)O)COc2cc(Cl)c(Cl)cc2O1. The van der Waals surface area contributed by atoms with E-state index in [0.717, 1.165) is 0 Å². The summed E-state index contributed by atoms with van der Waals surface area (Å²) in [5.41, 5.74) is -1.40. The quantitative estimate of drug-likeness (QED) is 0.846. The lowest BCUT2D eigenvalue weighted by atomic mass is 10.1. The summed E-state index contributed by atoms with van der Waals surface area (Å²) in [4.78, 5) is 11.0. The van der Waals surface area contributed by atoms with Crippen molar-refractivity contribution in [3.05, 3.63) is 22.2 Å². The largest absolute Gasteiger partial charge is 0.485 e. The maximum Gasteiger partial charge on any atom is 0.351 e. The van der Waals surface area contributed by atoms with E-state index in [1.54, 1.807) is 0 Å². The first kappa shape index (κ1) is 11.4. The van der Waals surface area contributed by atoms with Gasteiger partial charge in [0.15, 0.2) is 11.5 Å². The van der Waals surface area contributed by atoms with Crippen LogP contribution in [0.3, 0.4) is 0 Å². The standard InChI is InChI=1S/C10H8Cl2O4/c1-10(9(13)14)4-15-7-2-5(11)6(12)3-8(7)16-10/h2-3H,4H2,1H3,(H,13,14). The number of carboxylic acids is 1. The minimum absolute atomic E-state index is 0.0761. The second-order valence-corrected chi connectivity index (χ2v) is 4.45. The molecule has 16 heavy (non-hydrogen) atoms. The molecule has 1 aromatic rings. The van der Waals surface area contributed by atoms with Crippen LogP contribution in [0.4, 0.5) is 0 Å². The number of aliphatic carboxylic acids is 1. The van der Waals surface area contributed by atoms with Crippen molar-refractivity contribution in [1.29, 1.82) is 0 Å². The summed E-state index contributed by atoms with van der Waals surface area (Å²) >= 11 is 11.6. The highest BCUT2D eigenvalue weighted by molar-refractivity contribution is 6.42. The number of ether oxygens (including phenoxy) is 2. The fourth-order valence-corrected chi connectivity index (χ4v) is 1.60. The van der Waals surface area contributed by atoms with Crippen molar-refractivity contribution in [2.45, 2.75) is 12.5 Å². The molecule has 2 rings (SSSR count).